The fourth-order valence-electron chi connectivity index (χ4n) is 3.27. The van der Waals surface area contributed by atoms with Crippen LogP contribution in [0.2, 0.25) is 5.02 Å². The quantitative estimate of drug-likeness (QED) is 0.631. The highest BCUT2D eigenvalue weighted by molar-refractivity contribution is 7.92. The van der Waals surface area contributed by atoms with Gasteiger partial charge in [0.15, 0.2) is 0 Å². The van der Waals surface area contributed by atoms with Crippen LogP contribution in [0.5, 0.6) is 0 Å². The summed E-state index contributed by atoms with van der Waals surface area (Å²) in [5.74, 6) is 0.439. The molecule has 1 atom stereocenters. The molecule has 0 radical (unpaired) electrons. The van der Waals surface area contributed by atoms with Crippen LogP contribution in [-0.2, 0) is 14.8 Å². The van der Waals surface area contributed by atoms with Crippen molar-refractivity contribution >= 4 is 38.9 Å². The Hall–Kier alpha value is -3.10. The Bertz CT molecular complexity index is 1210. The number of rotatable bonds is 5. The van der Waals surface area contributed by atoms with Gasteiger partial charge >= 0.3 is 0 Å². The second kappa shape index (κ2) is 7.97. The Kier molecular flexibility index (Phi) is 5.36. The van der Waals surface area contributed by atoms with Crippen LogP contribution in [0.1, 0.15) is 30.7 Å². The Morgan fingerprint density at radius 1 is 1.17 bits per heavy atom. The molecule has 9 heteroatoms. The van der Waals surface area contributed by atoms with Crippen molar-refractivity contribution in [1.82, 2.24) is 5.01 Å². The number of sulfonamides is 1. The predicted molar refractivity (Wildman–Crippen MR) is 114 cm³/mol. The first kappa shape index (κ1) is 20.2. The number of halogens is 1. The number of benzene rings is 2. The molecule has 2 heterocycles. The van der Waals surface area contributed by atoms with Crippen LogP contribution in [0, 0.1) is 0 Å². The van der Waals surface area contributed by atoms with E-state index in [0.29, 0.717) is 34.2 Å². The van der Waals surface area contributed by atoms with Gasteiger partial charge in [0.25, 0.3) is 10.0 Å². The number of hydrogen-bond acceptors (Lipinski definition) is 5. The Morgan fingerprint density at radius 3 is 2.60 bits per heavy atom. The average Bonchev–Trinajstić information content (AvgIpc) is 3.38. The highest BCUT2D eigenvalue weighted by Crippen LogP contribution is 2.33. The lowest BCUT2D eigenvalue weighted by molar-refractivity contribution is -0.130. The summed E-state index contributed by atoms with van der Waals surface area (Å²) in [6.07, 6.45) is 2.01. The van der Waals surface area contributed by atoms with Crippen molar-refractivity contribution < 1.29 is 17.6 Å². The summed E-state index contributed by atoms with van der Waals surface area (Å²) < 4.78 is 33.3. The van der Waals surface area contributed by atoms with E-state index in [1.165, 1.54) is 36.2 Å². The van der Waals surface area contributed by atoms with Crippen molar-refractivity contribution in [3.8, 4) is 0 Å². The summed E-state index contributed by atoms with van der Waals surface area (Å²) in [4.78, 5) is 12.1. The molecule has 1 unspecified atom stereocenters. The topological polar surface area (TPSA) is 92.0 Å². The van der Waals surface area contributed by atoms with Crippen LogP contribution < -0.4 is 4.72 Å². The molecule has 0 saturated heterocycles. The third-order valence-corrected chi connectivity index (χ3v) is 6.33. The number of amides is 1. The number of anilines is 1. The van der Waals surface area contributed by atoms with E-state index in [1.54, 1.807) is 36.6 Å². The van der Waals surface area contributed by atoms with Crippen molar-refractivity contribution in [2.24, 2.45) is 5.10 Å². The lowest BCUT2D eigenvalue weighted by atomic mass is 10.0. The number of carbonyl (C=O) groups excluding carboxylic acids is 1. The average molecular weight is 444 g/mol. The van der Waals surface area contributed by atoms with Crippen molar-refractivity contribution in [2.75, 3.05) is 4.72 Å². The molecule has 0 bridgehead atoms. The first-order valence-corrected chi connectivity index (χ1v) is 11.0. The third kappa shape index (κ3) is 4.10. The number of hydrogen-bond donors (Lipinski definition) is 1. The maximum atomic E-state index is 12.6. The maximum absolute atomic E-state index is 12.6. The number of furan rings is 1. The number of nitrogens with zero attached hydrogens (tertiary/aromatic N) is 2. The fourth-order valence-corrected chi connectivity index (χ4v) is 4.44. The summed E-state index contributed by atoms with van der Waals surface area (Å²) >= 11 is 5.84. The standard InChI is InChI=1S/C21H18ClN3O4S/c1-14(26)25-20(21-6-3-11-29-21)13-19(23-25)15-4-2-5-17(12-15)24-30(27,28)18-9-7-16(22)8-10-18/h2-12,20,24H,13H2,1H3. The van der Waals surface area contributed by atoms with Gasteiger partial charge < -0.3 is 4.42 Å². The molecule has 1 amide bonds. The third-order valence-electron chi connectivity index (χ3n) is 4.68. The molecule has 1 aromatic heterocycles. The molecule has 3 aromatic rings. The van der Waals surface area contributed by atoms with Crippen LogP contribution >= 0.6 is 11.6 Å². The van der Waals surface area contributed by atoms with E-state index >= 15 is 0 Å². The van der Waals surface area contributed by atoms with E-state index in [4.69, 9.17) is 16.0 Å². The molecular weight excluding hydrogens is 426 g/mol. The number of nitrogens with one attached hydrogen (secondary N) is 1. The van der Waals surface area contributed by atoms with Gasteiger partial charge in [-0.15, -0.1) is 0 Å². The van der Waals surface area contributed by atoms with Crippen LogP contribution in [0.4, 0.5) is 5.69 Å². The highest BCUT2D eigenvalue weighted by atomic mass is 35.5. The summed E-state index contributed by atoms with van der Waals surface area (Å²) in [6.45, 7) is 1.44. The Balaban J connectivity index is 1.60. The van der Waals surface area contributed by atoms with Crippen LogP contribution in [0.15, 0.2) is 81.3 Å². The van der Waals surface area contributed by atoms with Gasteiger partial charge in [-0.05, 0) is 54.1 Å². The second-order valence-corrected chi connectivity index (χ2v) is 8.90. The van der Waals surface area contributed by atoms with E-state index in [9.17, 15) is 13.2 Å². The molecule has 1 aliphatic rings. The zero-order valence-corrected chi connectivity index (χ0v) is 17.5. The molecule has 2 aromatic carbocycles. The highest BCUT2D eigenvalue weighted by Gasteiger charge is 2.33. The molecule has 0 spiro atoms. The monoisotopic (exact) mass is 443 g/mol. The van der Waals surface area contributed by atoms with E-state index in [2.05, 4.69) is 9.82 Å². The van der Waals surface area contributed by atoms with E-state index in [0.717, 1.165) is 0 Å². The van der Waals surface area contributed by atoms with Crippen molar-refractivity contribution in [2.45, 2.75) is 24.3 Å². The van der Waals surface area contributed by atoms with Crippen molar-refractivity contribution in [3.63, 3.8) is 0 Å². The van der Waals surface area contributed by atoms with Crippen LogP contribution in [0.25, 0.3) is 0 Å². The normalized spacial score (nSPS) is 16.4. The number of hydrazone groups is 1. The molecule has 154 valence electrons. The van der Waals surface area contributed by atoms with Gasteiger partial charge in [-0.3, -0.25) is 9.52 Å². The minimum atomic E-state index is -3.77. The van der Waals surface area contributed by atoms with Gasteiger partial charge in [0, 0.05) is 24.1 Å². The van der Waals surface area contributed by atoms with Crippen LogP contribution in [0.3, 0.4) is 0 Å². The first-order valence-electron chi connectivity index (χ1n) is 9.13. The van der Waals surface area contributed by atoms with Crippen LogP contribution in [-0.4, -0.2) is 25.0 Å². The molecule has 0 saturated carbocycles. The molecule has 1 aliphatic heterocycles. The van der Waals surface area contributed by atoms with Gasteiger partial charge in [-0.1, -0.05) is 23.7 Å². The van der Waals surface area contributed by atoms with E-state index in [1.807, 2.05) is 6.07 Å². The number of carbonyl (C=O) groups is 1. The molecule has 30 heavy (non-hydrogen) atoms. The molecule has 1 N–H and O–H groups in total. The van der Waals surface area contributed by atoms with E-state index < -0.39 is 10.0 Å². The summed E-state index contributed by atoms with van der Waals surface area (Å²) in [7, 11) is -3.77. The van der Waals surface area contributed by atoms with E-state index in [-0.39, 0.29) is 16.8 Å². The molecule has 7 nitrogen and oxygen atoms in total. The molecule has 0 aliphatic carbocycles. The predicted octanol–water partition coefficient (Wildman–Crippen LogP) is 4.43. The summed E-state index contributed by atoms with van der Waals surface area (Å²) in [5, 5.41) is 6.29. The second-order valence-electron chi connectivity index (χ2n) is 6.79. The minimum Gasteiger partial charge on any atom is -0.467 e. The first-order chi connectivity index (χ1) is 14.3. The summed E-state index contributed by atoms with van der Waals surface area (Å²) in [6, 6.07) is 16.0. The lowest BCUT2D eigenvalue weighted by Crippen LogP contribution is -2.23. The van der Waals surface area contributed by atoms with Gasteiger partial charge in [-0.25, -0.2) is 13.4 Å². The fraction of sp³-hybridized carbons (Fsp3) is 0.143. The maximum Gasteiger partial charge on any atom is 0.261 e. The van der Waals surface area contributed by atoms with Gasteiger partial charge in [0.1, 0.15) is 11.8 Å². The SMILES string of the molecule is CC(=O)N1N=C(c2cccc(NS(=O)(=O)c3ccc(Cl)cc3)c2)CC1c1ccco1. The molecule has 4 rings (SSSR count). The smallest absolute Gasteiger partial charge is 0.261 e. The van der Waals surface area contributed by atoms with Crippen molar-refractivity contribution in [3.05, 3.63) is 83.3 Å². The largest absolute Gasteiger partial charge is 0.467 e. The lowest BCUT2D eigenvalue weighted by Gasteiger charge is -2.17. The van der Waals surface area contributed by atoms with Gasteiger partial charge in [-0.2, -0.15) is 5.10 Å². The molecular formula is C21H18ClN3O4S. The Labute approximate surface area is 179 Å². The molecule has 0 fully saturated rings. The zero-order chi connectivity index (χ0) is 21.3. The minimum absolute atomic E-state index is 0.108. The van der Waals surface area contributed by atoms with Gasteiger partial charge in [0.2, 0.25) is 5.91 Å². The zero-order valence-electron chi connectivity index (χ0n) is 15.9. The Morgan fingerprint density at radius 2 is 1.93 bits per heavy atom. The van der Waals surface area contributed by atoms with Gasteiger partial charge in [0.05, 0.1) is 16.9 Å². The van der Waals surface area contributed by atoms with Crippen molar-refractivity contribution in [1.29, 1.82) is 0 Å². The summed E-state index contributed by atoms with van der Waals surface area (Å²) in [5.41, 5.74) is 1.77.